The summed E-state index contributed by atoms with van der Waals surface area (Å²) in [7, 11) is 0. The molecule has 1 amide bonds. The van der Waals surface area contributed by atoms with E-state index in [2.05, 4.69) is 31.2 Å². The van der Waals surface area contributed by atoms with E-state index in [1.807, 2.05) is 51.2 Å². The van der Waals surface area contributed by atoms with Crippen LogP contribution in [0.1, 0.15) is 26.3 Å². The van der Waals surface area contributed by atoms with Gasteiger partial charge in [0.2, 0.25) is 0 Å². The number of halogens is 2. The number of carbonyl (C=O) groups excluding carboxylic acids is 1. The molecule has 2 heterocycles. The Balaban J connectivity index is 1.75. The van der Waals surface area contributed by atoms with Gasteiger partial charge in [-0.25, -0.2) is 9.78 Å². The van der Waals surface area contributed by atoms with Crippen molar-refractivity contribution in [2.45, 2.75) is 38.8 Å². The van der Waals surface area contributed by atoms with Gasteiger partial charge >= 0.3 is 6.09 Å². The molecular weight excluding hydrogens is 458 g/mol. The third-order valence-electron chi connectivity index (χ3n) is 4.08. The normalized spacial score (nSPS) is 12.6. The highest BCUT2D eigenvalue weighted by molar-refractivity contribution is 9.10. The lowest BCUT2D eigenvalue weighted by Crippen LogP contribution is -2.43. The SMILES string of the molecule is CC(C)(C)OC(=O)N[C@@H](COc1cnc(Cl)c(Br)c1)Cc1c[nH]c2ccccc12. The van der Waals surface area contributed by atoms with Crippen LogP contribution in [0.25, 0.3) is 10.9 Å². The van der Waals surface area contributed by atoms with Crippen LogP contribution in [-0.2, 0) is 11.2 Å². The number of fused-ring (bicyclic) bond motifs is 1. The monoisotopic (exact) mass is 479 g/mol. The van der Waals surface area contributed by atoms with Gasteiger partial charge in [0.1, 0.15) is 23.1 Å². The first-order valence-corrected chi connectivity index (χ1v) is 10.4. The van der Waals surface area contributed by atoms with Gasteiger partial charge in [-0.05, 0) is 60.8 Å². The molecule has 0 aliphatic rings. The maximum atomic E-state index is 12.3. The second-order valence-corrected chi connectivity index (χ2v) is 8.87. The van der Waals surface area contributed by atoms with Gasteiger partial charge < -0.3 is 19.8 Å². The first-order valence-electron chi connectivity index (χ1n) is 9.19. The lowest BCUT2D eigenvalue weighted by molar-refractivity contribution is 0.0488. The van der Waals surface area contributed by atoms with Crippen LogP contribution in [0.2, 0.25) is 5.15 Å². The molecule has 0 fully saturated rings. The summed E-state index contributed by atoms with van der Waals surface area (Å²) in [5.41, 5.74) is 1.55. The Labute approximate surface area is 183 Å². The highest BCUT2D eigenvalue weighted by Gasteiger charge is 2.21. The van der Waals surface area contributed by atoms with Crippen molar-refractivity contribution >= 4 is 44.5 Å². The number of pyridine rings is 1. The zero-order valence-corrected chi connectivity index (χ0v) is 18.8. The summed E-state index contributed by atoms with van der Waals surface area (Å²) in [4.78, 5) is 19.7. The summed E-state index contributed by atoms with van der Waals surface area (Å²) in [6, 6.07) is 9.47. The van der Waals surface area contributed by atoms with E-state index in [0.717, 1.165) is 16.5 Å². The van der Waals surface area contributed by atoms with Crippen molar-refractivity contribution in [3.8, 4) is 5.75 Å². The maximum Gasteiger partial charge on any atom is 0.408 e. The minimum Gasteiger partial charge on any atom is -0.490 e. The number of nitrogens with one attached hydrogen (secondary N) is 2. The lowest BCUT2D eigenvalue weighted by Gasteiger charge is -2.24. The topological polar surface area (TPSA) is 76.2 Å². The number of benzene rings is 1. The van der Waals surface area contributed by atoms with Crippen LogP contribution in [-0.4, -0.2) is 34.3 Å². The predicted octanol–water partition coefficient (Wildman–Crippen LogP) is 5.49. The second kappa shape index (κ2) is 9.05. The average molecular weight is 481 g/mol. The third-order valence-corrected chi connectivity index (χ3v) is 5.22. The van der Waals surface area contributed by atoms with Crippen LogP contribution in [0.3, 0.4) is 0 Å². The van der Waals surface area contributed by atoms with E-state index in [0.29, 0.717) is 21.8 Å². The molecule has 29 heavy (non-hydrogen) atoms. The fourth-order valence-electron chi connectivity index (χ4n) is 2.87. The first kappa shape index (κ1) is 21.5. The zero-order valence-electron chi connectivity index (χ0n) is 16.5. The van der Waals surface area contributed by atoms with Gasteiger partial charge in [0.15, 0.2) is 0 Å². The second-order valence-electron chi connectivity index (χ2n) is 7.66. The van der Waals surface area contributed by atoms with Gasteiger partial charge in [-0.3, -0.25) is 0 Å². The minimum absolute atomic E-state index is 0.245. The molecule has 8 heteroatoms. The number of hydrogen-bond acceptors (Lipinski definition) is 4. The summed E-state index contributed by atoms with van der Waals surface area (Å²) in [5.74, 6) is 0.552. The molecule has 2 aromatic heterocycles. The highest BCUT2D eigenvalue weighted by atomic mass is 79.9. The Hall–Kier alpha value is -2.25. The Morgan fingerprint density at radius 1 is 1.34 bits per heavy atom. The highest BCUT2D eigenvalue weighted by Crippen LogP contribution is 2.25. The molecule has 6 nitrogen and oxygen atoms in total. The van der Waals surface area contributed by atoms with E-state index in [9.17, 15) is 4.79 Å². The van der Waals surface area contributed by atoms with Crippen molar-refractivity contribution in [2.24, 2.45) is 0 Å². The van der Waals surface area contributed by atoms with Crippen LogP contribution >= 0.6 is 27.5 Å². The fraction of sp³-hybridized carbons (Fsp3) is 0.333. The Morgan fingerprint density at radius 3 is 2.83 bits per heavy atom. The number of rotatable bonds is 6. The van der Waals surface area contributed by atoms with Crippen LogP contribution in [0, 0.1) is 0 Å². The molecule has 0 radical (unpaired) electrons. The molecule has 0 spiro atoms. The summed E-state index contributed by atoms with van der Waals surface area (Å²) >= 11 is 9.27. The summed E-state index contributed by atoms with van der Waals surface area (Å²) in [6.45, 7) is 5.73. The van der Waals surface area contributed by atoms with Crippen molar-refractivity contribution in [2.75, 3.05) is 6.61 Å². The van der Waals surface area contributed by atoms with Crippen molar-refractivity contribution in [3.05, 3.63) is 57.9 Å². The molecule has 0 unspecified atom stereocenters. The molecule has 0 saturated carbocycles. The largest absolute Gasteiger partial charge is 0.490 e. The molecule has 0 saturated heterocycles. The molecule has 2 N–H and O–H groups in total. The molecule has 154 valence electrons. The average Bonchev–Trinajstić information content (AvgIpc) is 3.04. The number of para-hydroxylation sites is 1. The Bertz CT molecular complexity index is 1000. The third kappa shape index (κ3) is 6.11. The van der Waals surface area contributed by atoms with Gasteiger partial charge in [-0.2, -0.15) is 0 Å². The van der Waals surface area contributed by atoms with Crippen LogP contribution in [0.4, 0.5) is 4.79 Å². The minimum atomic E-state index is -0.582. The summed E-state index contributed by atoms with van der Waals surface area (Å²) in [6.07, 6.45) is 3.59. The van der Waals surface area contributed by atoms with E-state index in [1.165, 1.54) is 0 Å². The first-order chi connectivity index (χ1) is 13.7. The van der Waals surface area contributed by atoms with Crippen LogP contribution < -0.4 is 10.1 Å². The van der Waals surface area contributed by atoms with Gasteiger partial charge in [0.05, 0.1) is 16.7 Å². The number of aromatic nitrogens is 2. The molecule has 3 rings (SSSR count). The number of carbonyl (C=O) groups is 1. The Kier molecular flexibility index (Phi) is 6.70. The molecule has 1 aromatic carbocycles. The predicted molar refractivity (Wildman–Crippen MR) is 118 cm³/mol. The standard InChI is InChI=1S/C21H23BrClN3O3/c1-21(2,3)29-20(27)26-14(12-28-15-9-17(22)19(23)25-11-15)8-13-10-24-18-7-5-4-6-16(13)18/h4-7,9-11,14,24H,8,12H2,1-3H3,(H,26,27)/t14-/m1/s1. The number of amides is 1. The number of hydrogen-bond donors (Lipinski definition) is 2. The van der Waals surface area contributed by atoms with Gasteiger partial charge in [-0.15, -0.1) is 0 Å². The molecular formula is C21H23BrClN3O3. The van der Waals surface area contributed by atoms with Gasteiger partial charge in [0, 0.05) is 17.1 Å². The van der Waals surface area contributed by atoms with Gasteiger partial charge in [-0.1, -0.05) is 29.8 Å². The smallest absolute Gasteiger partial charge is 0.408 e. The maximum absolute atomic E-state index is 12.3. The molecule has 0 bridgehead atoms. The van der Waals surface area contributed by atoms with E-state index >= 15 is 0 Å². The van der Waals surface area contributed by atoms with Crippen molar-refractivity contribution in [3.63, 3.8) is 0 Å². The quantitative estimate of drug-likeness (QED) is 0.457. The zero-order chi connectivity index (χ0) is 21.0. The van der Waals surface area contributed by atoms with Crippen molar-refractivity contribution in [1.82, 2.24) is 15.3 Å². The van der Waals surface area contributed by atoms with Crippen LogP contribution in [0.5, 0.6) is 5.75 Å². The van der Waals surface area contributed by atoms with E-state index in [4.69, 9.17) is 21.1 Å². The van der Waals surface area contributed by atoms with E-state index < -0.39 is 11.7 Å². The molecule has 0 aliphatic carbocycles. The van der Waals surface area contributed by atoms with Crippen LogP contribution in [0.15, 0.2) is 47.2 Å². The Morgan fingerprint density at radius 2 is 2.10 bits per heavy atom. The number of nitrogens with zero attached hydrogens (tertiary/aromatic N) is 1. The number of ether oxygens (including phenoxy) is 2. The van der Waals surface area contributed by atoms with E-state index in [-0.39, 0.29) is 12.6 Å². The summed E-state index contributed by atoms with van der Waals surface area (Å²) in [5, 5.41) is 4.39. The lowest BCUT2D eigenvalue weighted by atomic mass is 10.1. The number of alkyl carbamates (subject to hydrolysis) is 1. The van der Waals surface area contributed by atoms with Crippen molar-refractivity contribution < 1.29 is 14.3 Å². The summed E-state index contributed by atoms with van der Waals surface area (Å²) < 4.78 is 11.9. The fourth-order valence-corrected chi connectivity index (χ4v) is 3.30. The number of H-pyrrole nitrogens is 1. The molecule has 1 atom stereocenters. The molecule has 0 aliphatic heterocycles. The van der Waals surface area contributed by atoms with Crippen molar-refractivity contribution in [1.29, 1.82) is 0 Å². The number of aromatic amines is 1. The van der Waals surface area contributed by atoms with Gasteiger partial charge in [0.25, 0.3) is 0 Å². The van der Waals surface area contributed by atoms with E-state index in [1.54, 1.807) is 12.3 Å². The molecule has 3 aromatic rings.